The van der Waals surface area contributed by atoms with E-state index >= 15 is 0 Å². The Bertz CT molecular complexity index is 782. The minimum atomic E-state index is -3.39. The van der Waals surface area contributed by atoms with Crippen LogP contribution in [0.15, 0.2) is 53.4 Å². The van der Waals surface area contributed by atoms with E-state index in [4.69, 9.17) is 0 Å². The highest BCUT2D eigenvalue weighted by molar-refractivity contribution is 7.89. The lowest BCUT2D eigenvalue weighted by Crippen LogP contribution is -2.30. The maximum Gasteiger partial charge on any atom is 0.243 e. The summed E-state index contributed by atoms with van der Waals surface area (Å²) in [4.78, 5) is 0.353. The molecular formula is C20H28N2O2S. The summed E-state index contributed by atoms with van der Waals surface area (Å²) in [6.45, 7) is 9.65. The Kier molecular flexibility index (Phi) is 6.76. The first-order valence-corrected chi connectivity index (χ1v) is 10.2. The number of nitrogens with zero attached hydrogens (tertiary/aromatic N) is 1. The SMILES string of the molecule is CCN(CC)S(=O)(=O)c1ccc([C@@H](C)NCc2ccccc2C)cc1. The van der Waals surface area contributed by atoms with E-state index in [9.17, 15) is 8.42 Å². The predicted molar refractivity (Wildman–Crippen MR) is 103 cm³/mol. The zero-order valence-electron chi connectivity index (χ0n) is 15.5. The van der Waals surface area contributed by atoms with Gasteiger partial charge in [0, 0.05) is 25.7 Å². The lowest BCUT2D eigenvalue weighted by atomic mass is 10.1. The average Bonchev–Trinajstić information content (AvgIpc) is 2.61. The molecule has 0 aromatic heterocycles. The zero-order valence-corrected chi connectivity index (χ0v) is 16.3. The summed E-state index contributed by atoms with van der Waals surface area (Å²) in [6.07, 6.45) is 0. The highest BCUT2D eigenvalue weighted by Gasteiger charge is 2.21. The van der Waals surface area contributed by atoms with Gasteiger partial charge in [-0.2, -0.15) is 4.31 Å². The van der Waals surface area contributed by atoms with Crippen LogP contribution in [0.4, 0.5) is 0 Å². The van der Waals surface area contributed by atoms with Crippen LogP contribution in [0.5, 0.6) is 0 Å². The smallest absolute Gasteiger partial charge is 0.243 e. The maximum atomic E-state index is 12.5. The van der Waals surface area contributed by atoms with E-state index in [1.165, 1.54) is 15.4 Å². The Hall–Kier alpha value is -1.69. The lowest BCUT2D eigenvalue weighted by Gasteiger charge is -2.19. The molecule has 0 heterocycles. The van der Waals surface area contributed by atoms with Crippen molar-refractivity contribution in [2.75, 3.05) is 13.1 Å². The summed E-state index contributed by atoms with van der Waals surface area (Å²) in [6, 6.07) is 15.6. The number of hydrogen-bond donors (Lipinski definition) is 1. The van der Waals surface area contributed by atoms with Gasteiger partial charge in [0.1, 0.15) is 0 Å². The van der Waals surface area contributed by atoms with Crippen LogP contribution in [0.1, 0.15) is 43.5 Å². The van der Waals surface area contributed by atoms with Gasteiger partial charge < -0.3 is 5.32 Å². The van der Waals surface area contributed by atoms with Crippen LogP contribution in [-0.2, 0) is 16.6 Å². The molecule has 25 heavy (non-hydrogen) atoms. The highest BCUT2D eigenvalue weighted by Crippen LogP contribution is 2.20. The summed E-state index contributed by atoms with van der Waals surface area (Å²) >= 11 is 0. The summed E-state index contributed by atoms with van der Waals surface area (Å²) in [5, 5.41) is 3.50. The van der Waals surface area contributed by atoms with Gasteiger partial charge in [-0.25, -0.2) is 8.42 Å². The van der Waals surface area contributed by atoms with E-state index in [1.54, 1.807) is 12.1 Å². The Morgan fingerprint density at radius 3 is 2.16 bits per heavy atom. The van der Waals surface area contributed by atoms with Crippen molar-refractivity contribution in [3.05, 3.63) is 65.2 Å². The fraction of sp³-hybridized carbons (Fsp3) is 0.400. The number of benzene rings is 2. The lowest BCUT2D eigenvalue weighted by molar-refractivity contribution is 0.445. The topological polar surface area (TPSA) is 49.4 Å². The van der Waals surface area contributed by atoms with Gasteiger partial charge in [0.15, 0.2) is 0 Å². The molecule has 0 aliphatic rings. The van der Waals surface area contributed by atoms with E-state index in [-0.39, 0.29) is 6.04 Å². The first-order valence-electron chi connectivity index (χ1n) is 8.78. The molecule has 0 aliphatic carbocycles. The number of sulfonamides is 1. The van der Waals surface area contributed by atoms with Gasteiger partial charge >= 0.3 is 0 Å². The molecule has 0 saturated heterocycles. The van der Waals surface area contributed by atoms with E-state index < -0.39 is 10.0 Å². The highest BCUT2D eigenvalue weighted by atomic mass is 32.2. The van der Waals surface area contributed by atoms with Crippen molar-refractivity contribution in [1.82, 2.24) is 9.62 Å². The Labute approximate surface area is 151 Å². The van der Waals surface area contributed by atoms with Crippen LogP contribution in [-0.4, -0.2) is 25.8 Å². The first kappa shape index (κ1) is 19.6. The first-order chi connectivity index (χ1) is 11.9. The minimum absolute atomic E-state index is 0.143. The number of aryl methyl sites for hydroxylation is 1. The second-order valence-corrected chi connectivity index (χ2v) is 8.13. The van der Waals surface area contributed by atoms with Crippen molar-refractivity contribution in [3.8, 4) is 0 Å². The van der Waals surface area contributed by atoms with Gasteiger partial charge in [-0.3, -0.25) is 0 Å². The largest absolute Gasteiger partial charge is 0.306 e. The van der Waals surface area contributed by atoms with Crippen molar-refractivity contribution in [2.45, 2.75) is 45.2 Å². The standard InChI is InChI=1S/C20H28N2O2S/c1-5-22(6-2)25(23,24)20-13-11-18(12-14-20)17(4)21-15-19-10-8-7-9-16(19)3/h7-14,17,21H,5-6,15H2,1-4H3/t17-/m1/s1. The third-order valence-electron chi connectivity index (χ3n) is 4.58. The van der Waals surface area contributed by atoms with Crippen LogP contribution in [0.25, 0.3) is 0 Å². The number of hydrogen-bond acceptors (Lipinski definition) is 3. The van der Waals surface area contributed by atoms with Crippen LogP contribution in [0.2, 0.25) is 0 Å². The molecule has 0 bridgehead atoms. The molecule has 5 heteroatoms. The molecule has 0 saturated carbocycles. The monoisotopic (exact) mass is 360 g/mol. The molecule has 0 fully saturated rings. The van der Waals surface area contributed by atoms with Crippen LogP contribution < -0.4 is 5.32 Å². The number of rotatable bonds is 8. The van der Waals surface area contributed by atoms with Crippen LogP contribution in [0, 0.1) is 6.92 Å². The number of nitrogens with one attached hydrogen (secondary N) is 1. The molecule has 0 unspecified atom stereocenters. The molecule has 136 valence electrons. The summed E-state index contributed by atoms with van der Waals surface area (Å²) in [5.74, 6) is 0. The Morgan fingerprint density at radius 2 is 1.60 bits per heavy atom. The second-order valence-electron chi connectivity index (χ2n) is 6.19. The van der Waals surface area contributed by atoms with Gasteiger partial charge in [-0.15, -0.1) is 0 Å². The van der Waals surface area contributed by atoms with Gasteiger partial charge in [-0.1, -0.05) is 50.2 Å². The predicted octanol–water partition coefficient (Wildman–Crippen LogP) is 3.88. The molecule has 0 spiro atoms. The third-order valence-corrected chi connectivity index (χ3v) is 6.65. The quantitative estimate of drug-likeness (QED) is 0.777. The zero-order chi connectivity index (χ0) is 18.4. The van der Waals surface area contributed by atoms with Crippen molar-refractivity contribution >= 4 is 10.0 Å². The fourth-order valence-electron chi connectivity index (χ4n) is 2.83. The summed E-state index contributed by atoms with van der Waals surface area (Å²) < 4.78 is 26.5. The molecular weight excluding hydrogens is 332 g/mol. The van der Waals surface area contributed by atoms with E-state index in [0.717, 1.165) is 12.1 Å². The van der Waals surface area contributed by atoms with Crippen molar-refractivity contribution in [2.24, 2.45) is 0 Å². The molecule has 1 atom stereocenters. The molecule has 0 radical (unpaired) electrons. The van der Waals surface area contributed by atoms with Crippen LogP contribution in [0.3, 0.4) is 0 Å². The Morgan fingerprint density at radius 1 is 1.00 bits per heavy atom. The van der Waals surface area contributed by atoms with Gasteiger partial charge in [-0.05, 0) is 42.7 Å². The van der Waals surface area contributed by atoms with Gasteiger partial charge in [0.25, 0.3) is 0 Å². The molecule has 1 N–H and O–H groups in total. The summed E-state index contributed by atoms with van der Waals surface area (Å²) in [5.41, 5.74) is 3.62. The van der Waals surface area contributed by atoms with E-state index in [1.807, 2.05) is 38.1 Å². The van der Waals surface area contributed by atoms with E-state index in [2.05, 4.69) is 31.3 Å². The Balaban J connectivity index is 2.08. The van der Waals surface area contributed by atoms with Gasteiger partial charge in [0.05, 0.1) is 4.90 Å². The van der Waals surface area contributed by atoms with Crippen molar-refractivity contribution in [1.29, 1.82) is 0 Å². The fourth-order valence-corrected chi connectivity index (χ4v) is 4.29. The maximum absolute atomic E-state index is 12.5. The summed E-state index contributed by atoms with van der Waals surface area (Å²) in [7, 11) is -3.39. The molecule has 4 nitrogen and oxygen atoms in total. The molecule has 0 aliphatic heterocycles. The van der Waals surface area contributed by atoms with Crippen molar-refractivity contribution in [3.63, 3.8) is 0 Å². The molecule has 0 amide bonds. The minimum Gasteiger partial charge on any atom is -0.306 e. The molecule has 2 aromatic rings. The van der Waals surface area contributed by atoms with E-state index in [0.29, 0.717) is 18.0 Å². The third kappa shape index (κ3) is 4.69. The second kappa shape index (κ2) is 8.61. The van der Waals surface area contributed by atoms with Crippen molar-refractivity contribution < 1.29 is 8.42 Å². The molecule has 2 aromatic carbocycles. The average molecular weight is 361 g/mol. The normalized spacial score (nSPS) is 13.2. The molecule has 2 rings (SSSR count). The van der Waals surface area contributed by atoms with Crippen LogP contribution >= 0.6 is 0 Å². The van der Waals surface area contributed by atoms with Gasteiger partial charge in [0.2, 0.25) is 10.0 Å².